The van der Waals surface area contributed by atoms with Crippen LogP contribution < -0.4 is 10.5 Å². The van der Waals surface area contributed by atoms with Crippen molar-refractivity contribution in [2.75, 3.05) is 0 Å². The fourth-order valence-electron chi connectivity index (χ4n) is 2.20. The summed E-state index contributed by atoms with van der Waals surface area (Å²) in [4.78, 5) is 0. The van der Waals surface area contributed by atoms with Gasteiger partial charge in [-0.05, 0) is 44.9 Å². The third kappa shape index (κ3) is 3.21. The van der Waals surface area contributed by atoms with Crippen LogP contribution in [0.2, 0.25) is 0 Å². The number of nitrogens with zero attached hydrogens (tertiary/aromatic N) is 2. The summed E-state index contributed by atoms with van der Waals surface area (Å²) in [5.41, 5.74) is 7.43. The van der Waals surface area contributed by atoms with Crippen molar-refractivity contribution < 1.29 is 13.5 Å². The zero-order valence-corrected chi connectivity index (χ0v) is 12.6. The van der Waals surface area contributed by atoms with Crippen LogP contribution in [0, 0.1) is 25.5 Å². The predicted octanol–water partition coefficient (Wildman–Crippen LogP) is 3.00. The second-order valence-corrected chi connectivity index (χ2v) is 5.30. The molecule has 0 saturated heterocycles. The van der Waals surface area contributed by atoms with Gasteiger partial charge in [0.15, 0.2) is 23.1 Å². The highest BCUT2D eigenvalue weighted by molar-refractivity contribution is 5.40. The van der Waals surface area contributed by atoms with Gasteiger partial charge in [0, 0.05) is 13.1 Å². The van der Waals surface area contributed by atoms with Crippen molar-refractivity contribution in [3.05, 3.63) is 40.7 Å². The first kappa shape index (κ1) is 15.4. The number of aromatic nitrogens is 2. The minimum atomic E-state index is -0.742. The van der Waals surface area contributed by atoms with Crippen molar-refractivity contribution in [3.8, 4) is 11.5 Å². The number of benzene rings is 1. The molecule has 0 spiro atoms. The van der Waals surface area contributed by atoms with E-state index in [4.69, 9.17) is 10.5 Å². The summed E-state index contributed by atoms with van der Waals surface area (Å²) in [6.07, 6.45) is 0.402. The van der Waals surface area contributed by atoms with Crippen LogP contribution in [0.5, 0.6) is 11.5 Å². The van der Waals surface area contributed by atoms with Gasteiger partial charge < -0.3 is 10.5 Å². The molecule has 2 N–H and O–H groups in total. The topological polar surface area (TPSA) is 53.1 Å². The fourth-order valence-corrected chi connectivity index (χ4v) is 2.20. The lowest BCUT2D eigenvalue weighted by atomic mass is 10.1. The van der Waals surface area contributed by atoms with Crippen LogP contribution >= 0.6 is 0 Å². The van der Waals surface area contributed by atoms with Gasteiger partial charge in [0.2, 0.25) is 0 Å². The van der Waals surface area contributed by atoms with Gasteiger partial charge in [0.25, 0.3) is 0 Å². The summed E-state index contributed by atoms with van der Waals surface area (Å²) in [6.45, 7) is 5.28. The molecule has 114 valence electrons. The van der Waals surface area contributed by atoms with Crippen molar-refractivity contribution in [1.82, 2.24) is 9.78 Å². The van der Waals surface area contributed by atoms with E-state index in [1.807, 2.05) is 0 Å². The molecule has 0 amide bonds. The molecule has 1 atom stereocenters. The standard InChI is InChI=1S/C15H19F2N3O/c1-8(18)5-11-6-12(16)15(13(17)7-11)21-14-9(2)19-20(4)10(14)3/h6-8H,5,18H2,1-4H3. The molecule has 0 bridgehead atoms. The van der Waals surface area contributed by atoms with E-state index < -0.39 is 17.4 Å². The maximum atomic E-state index is 14.1. The Morgan fingerprint density at radius 2 is 1.81 bits per heavy atom. The Morgan fingerprint density at radius 3 is 2.24 bits per heavy atom. The number of hydrogen-bond donors (Lipinski definition) is 1. The first-order valence-corrected chi connectivity index (χ1v) is 6.71. The van der Waals surface area contributed by atoms with E-state index in [2.05, 4.69) is 5.10 Å². The van der Waals surface area contributed by atoms with Crippen LogP contribution in [0.1, 0.15) is 23.9 Å². The molecule has 0 aliphatic rings. The number of hydrogen-bond acceptors (Lipinski definition) is 3. The molecule has 1 aromatic heterocycles. The molecular weight excluding hydrogens is 276 g/mol. The summed E-state index contributed by atoms with van der Waals surface area (Å²) in [7, 11) is 1.74. The first-order valence-electron chi connectivity index (χ1n) is 6.71. The second-order valence-electron chi connectivity index (χ2n) is 5.30. The van der Waals surface area contributed by atoms with Gasteiger partial charge in [-0.1, -0.05) is 0 Å². The quantitative estimate of drug-likeness (QED) is 0.943. The Morgan fingerprint density at radius 1 is 1.24 bits per heavy atom. The average molecular weight is 295 g/mol. The van der Waals surface area contributed by atoms with E-state index in [0.29, 0.717) is 29.1 Å². The SMILES string of the molecule is Cc1nn(C)c(C)c1Oc1c(F)cc(CC(C)N)cc1F. The van der Waals surface area contributed by atoms with Gasteiger partial charge in [-0.25, -0.2) is 8.78 Å². The molecule has 0 fully saturated rings. The summed E-state index contributed by atoms with van der Waals surface area (Å²) in [5, 5.41) is 4.15. The van der Waals surface area contributed by atoms with Gasteiger partial charge in [-0.3, -0.25) is 4.68 Å². The molecular formula is C15H19F2N3O. The Balaban J connectivity index is 2.36. The van der Waals surface area contributed by atoms with Crippen molar-refractivity contribution >= 4 is 0 Å². The smallest absolute Gasteiger partial charge is 0.198 e. The maximum Gasteiger partial charge on any atom is 0.198 e. The average Bonchev–Trinajstić information content (AvgIpc) is 2.58. The number of rotatable bonds is 4. The summed E-state index contributed by atoms with van der Waals surface area (Å²) in [5.74, 6) is -1.53. The minimum absolute atomic E-state index is 0.168. The number of halogens is 2. The maximum absolute atomic E-state index is 14.1. The molecule has 6 heteroatoms. The van der Waals surface area contributed by atoms with E-state index in [1.54, 1.807) is 32.5 Å². The highest BCUT2D eigenvalue weighted by Gasteiger charge is 2.18. The van der Waals surface area contributed by atoms with Crippen molar-refractivity contribution in [2.24, 2.45) is 12.8 Å². The lowest BCUT2D eigenvalue weighted by molar-refractivity contribution is 0.401. The molecule has 0 saturated carbocycles. The van der Waals surface area contributed by atoms with Gasteiger partial charge in [-0.2, -0.15) is 5.10 Å². The largest absolute Gasteiger partial charge is 0.447 e. The van der Waals surface area contributed by atoms with E-state index in [-0.39, 0.29) is 6.04 Å². The normalized spacial score (nSPS) is 12.5. The van der Waals surface area contributed by atoms with Crippen molar-refractivity contribution in [1.29, 1.82) is 0 Å². The number of nitrogens with two attached hydrogens (primary N) is 1. The van der Waals surface area contributed by atoms with Crippen LogP contribution in [0.4, 0.5) is 8.78 Å². The van der Waals surface area contributed by atoms with Crippen LogP contribution in [-0.2, 0) is 13.5 Å². The van der Waals surface area contributed by atoms with E-state index in [0.717, 1.165) is 0 Å². The zero-order chi connectivity index (χ0) is 15.7. The van der Waals surface area contributed by atoms with E-state index in [1.165, 1.54) is 12.1 Å². The van der Waals surface area contributed by atoms with Crippen molar-refractivity contribution in [3.63, 3.8) is 0 Å². The summed E-state index contributed by atoms with van der Waals surface area (Å²) in [6, 6.07) is 2.34. The highest BCUT2D eigenvalue weighted by atomic mass is 19.1. The lowest BCUT2D eigenvalue weighted by Gasteiger charge is -2.11. The Labute approximate surface area is 122 Å². The van der Waals surface area contributed by atoms with Crippen LogP contribution in [0.25, 0.3) is 0 Å². The molecule has 1 aromatic carbocycles. The molecule has 21 heavy (non-hydrogen) atoms. The van der Waals surface area contributed by atoms with Crippen molar-refractivity contribution in [2.45, 2.75) is 33.2 Å². The molecule has 1 unspecified atom stereocenters. The predicted molar refractivity (Wildman–Crippen MR) is 76.5 cm³/mol. The molecule has 0 aliphatic heterocycles. The Bertz CT molecular complexity index is 642. The number of ether oxygens (including phenoxy) is 1. The van der Waals surface area contributed by atoms with Gasteiger partial charge >= 0.3 is 0 Å². The first-order chi connectivity index (χ1) is 9.79. The molecule has 2 aromatic rings. The Hall–Kier alpha value is -1.95. The van der Waals surface area contributed by atoms with E-state index in [9.17, 15) is 8.78 Å². The van der Waals surface area contributed by atoms with Crippen LogP contribution in [-0.4, -0.2) is 15.8 Å². The minimum Gasteiger partial charge on any atom is -0.447 e. The molecule has 0 radical (unpaired) electrons. The third-order valence-corrected chi connectivity index (χ3v) is 3.26. The highest BCUT2D eigenvalue weighted by Crippen LogP contribution is 2.32. The summed E-state index contributed by atoms with van der Waals surface area (Å²) < 4.78 is 35.2. The summed E-state index contributed by atoms with van der Waals surface area (Å²) >= 11 is 0. The lowest BCUT2D eigenvalue weighted by Crippen LogP contribution is -2.18. The molecule has 0 aliphatic carbocycles. The monoisotopic (exact) mass is 295 g/mol. The number of aryl methyl sites for hydroxylation is 2. The molecule has 1 heterocycles. The second kappa shape index (κ2) is 5.81. The third-order valence-electron chi connectivity index (χ3n) is 3.26. The molecule has 2 rings (SSSR count). The van der Waals surface area contributed by atoms with Crippen LogP contribution in [0.3, 0.4) is 0 Å². The fraction of sp³-hybridized carbons (Fsp3) is 0.400. The van der Waals surface area contributed by atoms with Gasteiger partial charge in [-0.15, -0.1) is 0 Å². The Kier molecular flexibility index (Phi) is 4.27. The van der Waals surface area contributed by atoms with Crippen LogP contribution in [0.15, 0.2) is 12.1 Å². The van der Waals surface area contributed by atoms with Gasteiger partial charge in [0.05, 0.1) is 5.69 Å². The van der Waals surface area contributed by atoms with Gasteiger partial charge in [0.1, 0.15) is 5.69 Å². The van der Waals surface area contributed by atoms with E-state index >= 15 is 0 Å². The molecule has 4 nitrogen and oxygen atoms in total. The zero-order valence-electron chi connectivity index (χ0n) is 12.6.